The van der Waals surface area contributed by atoms with E-state index in [0.29, 0.717) is 17.0 Å². The van der Waals surface area contributed by atoms with Gasteiger partial charge in [-0.2, -0.15) is 0 Å². The molecule has 4 N–H and O–H groups in total. The molecule has 0 aliphatic rings. The summed E-state index contributed by atoms with van der Waals surface area (Å²) < 4.78 is 13.1. The fourth-order valence-electron chi connectivity index (χ4n) is 1.13. The lowest BCUT2D eigenvalue weighted by molar-refractivity contribution is 0.623. The molecule has 0 amide bonds. The Morgan fingerprint density at radius 3 is 2.69 bits per heavy atom. The Labute approximate surface area is 81.7 Å². The SMILES string of the molecule is CCC(N)c1cc(Cl)cc(F)c1N. The van der Waals surface area contributed by atoms with E-state index in [1.54, 1.807) is 6.07 Å². The van der Waals surface area contributed by atoms with Crippen molar-refractivity contribution < 1.29 is 4.39 Å². The number of nitrogens with two attached hydrogens (primary N) is 2. The van der Waals surface area contributed by atoms with Crippen LogP contribution in [0.25, 0.3) is 0 Å². The van der Waals surface area contributed by atoms with Crippen molar-refractivity contribution in [3.05, 3.63) is 28.5 Å². The molecule has 1 rings (SSSR count). The zero-order valence-corrected chi connectivity index (χ0v) is 8.11. The molecule has 2 nitrogen and oxygen atoms in total. The first-order chi connectivity index (χ1) is 6.06. The first-order valence-electron chi connectivity index (χ1n) is 4.06. The van der Waals surface area contributed by atoms with Crippen molar-refractivity contribution in [2.24, 2.45) is 5.73 Å². The molecule has 1 unspecified atom stereocenters. The summed E-state index contributed by atoms with van der Waals surface area (Å²) in [5.41, 5.74) is 11.9. The Morgan fingerprint density at radius 1 is 1.54 bits per heavy atom. The molecule has 72 valence electrons. The van der Waals surface area contributed by atoms with Crippen LogP contribution in [0.3, 0.4) is 0 Å². The molecular weight excluding hydrogens is 191 g/mol. The van der Waals surface area contributed by atoms with Gasteiger partial charge in [0.2, 0.25) is 0 Å². The first kappa shape index (κ1) is 10.3. The maximum atomic E-state index is 13.1. The van der Waals surface area contributed by atoms with E-state index >= 15 is 0 Å². The maximum absolute atomic E-state index is 13.1. The molecule has 0 aromatic heterocycles. The second-order valence-corrected chi connectivity index (χ2v) is 3.34. The van der Waals surface area contributed by atoms with Gasteiger partial charge in [-0.15, -0.1) is 0 Å². The summed E-state index contributed by atoms with van der Waals surface area (Å²) in [6.07, 6.45) is 0.698. The van der Waals surface area contributed by atoms with Crippen molar-refractivity contribution >= 4 is 17.3 Å². The molecule has 1 atom stereocenters. The summed E-state index contributed by atoms with van der Waals surface area (Å²) in [5.74, 6) is -0.508. The Balaban J connectivity index is 3.20. The average molecular weight is 203 g/mol. The summed E-state index contributed by atoms with van der Waals surface area (Å²) >= 11 is 5.67. The van der Waals surface area contributed by atoms with Gasteiger partial charge in [-0.05, 0) is 24.1 Å². The highest BCUT2D eigenvalue weighted by atomic mass is 35.5. The summed E-state index contributed by atoms with van der Waals surface area (Å²) in [6, 6.07) is 2.53. The fourth-order valence-corrected chi connectivity index (χ4v) is 1.34. The highest BCUT2D eigenvalue weighted by Crippen LogP contribution is 2.27. The number of hydrogen-bond donors (Lipinski definition) is 2. The normalized spacial score (nSPS) is 12.9. The van der Waals surface area contributed by atoms with Crippen molar-refractivity contribution in [2.45, 2.75) is 19.4 Å². The van der Waals surface area contributed by atoms with Crippen LogP contribution in [0.15, 0.2) is 12.1 Å². The van der Waals surface area contributed by atoms with E-state index in [-0.39, 0.29) is 11.7 Å². The van der Waals surface area contributed by atoms with E-state index < -0.39 is 5.82 Å². The van der Waals surface area contributed by atoms with Crippen LogP contribution in [0.4, 0.5) is 10.1 Å². The van der Waals surface area contributed by atoms with Gasteiger partial charge >= 0.3 is 0 Å². The number of hydrogen-bond acceptors (Lipinski definition) is 2. The van der Waals surface area contributed by atoms with Crippen LogP contribution in [-0.4, -0.2) is 0 Å². The summed E-state index contributed by atoms with van der Waals surface area (Å²) in [7, 11) is 0. The molecular formula is C9H12ClFN2. The summed E-state index contributed by atoms with van der Waals surface area (Å²) in [4.78, 5) is 0. The zero-order chi connectivity index (χ0) is 10.0. The number of anilines is 1. The zero-order valence-electron chi connectivity index (χ0n) is 7.35. The maximum Gasteiger partial charge on any atom is 0.147 e. The molecule has 0 fully saturated rings. The molecule has 0 radical (unpaired) electrons. The molecule has 0 saturated heterocycles. The lowest BCUT2D eigenvalue weighted by Crippen LogP contribution is -2.12. The minimum atomic E-state index is -0.508. The number of halogens is 2. The van der Waals surface area contributed by atoms with Crippen LogP contribution in [0.1, 0.15) is 24.9 Å². The summed E-state index contributed by atoms with van der Waals surface area (Å²) in [6.45, 7) is 1.91. The third kappa shape index (κ3) is 2.11. The predicted molar refractivity (Wildman–Crippen MR) is 53.0 cm³/mol. The fraction of sp³-hybridized carbons (Fsp3) is 0.333. The highest BCUT2D eigenvalue weighted by molar-refractivity contribution is 6.30. The Bertz CT molecular complexity index is 315. The van der Waals surface area contributed by atoms with Crippen LogP contribution in [-0.2, 0) is 0 Å². The van der Waals surface area contributed by atoms with E-state index in [9.17, 15) is 4.39 Å². The molecule has 1 aromatic carbocycles. The van der Waals surface area contributed by atoms with Crippen molar-refractivity contribution in [3.8, 4) is 0 Å². The van der Waals surface area contributed by atoms with Gasteiger partial charge in [0.05, 0.1) is 5.69 Å². The molecule has 0 spiro atoms. The van der Waals surface area contributed by atoms with E-state index in [1.165, 1.54) is 6.07 Å². The van der Waals surface area contributed by atoms with E-state index in [2.05, 4.69) is 0 Å². The predicted octanol–water partition coefficient (Wildman–Crippen LogP) is 2.47. The van der Waals surface area contributed by atoms with Gasteiger partial charge in [0, 0.05) is 11.1 Å². The standard InChI is InChI=1S/C9H12ClFN2/c1-2-8(12)6-3-5(10)4-7(11)9(6)13/h3-4,8H,2,12-13H2,1H3. The Morgan fingerprint density at radius 2 is 2.15 bits per heavy atom. The number of benzene rings is 1. The quantitative estimate of drug-likeness (QED) is 0.724. The van der Waals surface area contributed by atoms with Gasteiger partial charge in [0.15, 0.2) is 0 Å². The third-order valence-electron chi connectivity index (χ3n) is 1.97. The third-order valence-corrected chi connectivity index (χ3v) is 2.18. The second-order valence-electron chi connectivity index (χ2n) is 2.91. The highest BCUT2D eigenvalue weighted by Gasteiger charge is 2.12. The van der Waals surface area contributed by atoms with Gasteiger partial charge in [-0.25, -0.2) is 4.39 Å². The van der Waals surface area contributed by atoms with Crippen molar-refractivity contribution in [1.29, 1.82) is 0 Å². The van der Waals surface area contributed by atoms with Crippen LogP contribution in [0, 0.1) is 5.82 Å². The molecule has 0 heterocycles. The van der Waals surface area contributed by atoms with Gasteiger partial charge in [0.1, 0.15) is 5.82 Å². The van der Waals surface area contributed by atoms with Gasteiger partial charge < -0.3 is 11.5 Å². The monoisotopic (exact) mass is 202 g/mol. The van der Waals surface area contributed by atoms with Gasteiger partial charge in [-0.1, -0.05) is 18.5 Å². The van der Waals surface area contributed by atoms with Crippen molar-refractivity contribution in [3.63, 3.8) is 0 Å². The average Bonchev–Trinajstić information content (AvgIpc) is 2.10. The molecule has 0 saturated carbocycles. The molecule has 0 aliphatic heterocycles. The van der Waals surface area contributed by atoms with Gasteiger partial charge in [-0.3, -0.25) is 0 Å². The van der Waals surface area contributed by atoms with Crippen LogP contribution in [0.5, 0.6) is 0 Å². The molecule has 4 heteroatoms. The Hall–Kier alpha value is -0.800. The van der Waals surface area contributed by atoms with Crippen LogP contribution in [0.2, 0.25) is 5.02 Å². The van der Waals surface area contributed by atoms with Crippen LogP contribution >= 0.6 is 11.6 Å². The molecule has 0 aliphatic carbocycles. The summed E-state index contributed by atoms with van der Waals surface area (Å²) in [5, 5.41) is 0.325. The Kier molecular flexibility index (Phi) is 3.12. The minimum Gasteiger partial charge on any atom is -0.396 e. The van der Waals surface area contributed by atoms with E-state index in [4.69, 9.17) is 23.1 Å². The van der Waals surface area contributed by atoms with E-state index in [0.717, 1.165) is 0 Å². The largest absolute Gasteiger partial charge is 0.396 e. The number of rotatable bonds is 2. The van der Waals surface area contributed by atoms with Crippen molar-refractivity contribution in [1.82, 2.24) is 0 Å². The molecule has 0 bridgehead atoms. The lowest BCUT2D eigenvalue weighted by Gasteiger charge is -2.13. The van der Waals surface area contributed by atoms with Crippen molar-refractivity contribution in [2.75, 3.05) is 5.73 Å². The molecule has 1 aromatic rings. The topological polar surface area (TPSA) is 52.0 Å². The smallest absolute Gasteiger partial charge is 0.147 e. The van der Waals surface area contributed by atoms with Gasteiger partial charge in [0.25, 0.3) is 0 Å². The lowest BCUT2D eigenvalue weighted by atomic mass is 10.0. The first-order valence-corrected chi connectivity index (χ1v) is 4.44. The van der Waals surface area contributed by atoms with E-state index in [1.807, 2.05) is 6.92 Å². The van der Waals surface area contributed by atoms with Crippen LogP contribution < -0.4 is 11.5 Å². The number of nitrogen functional groups attached to an aromatic ring is 1. The molecule has 13 heavy (non-hydrogen) atoms. The minimum absolute atomic E-state index is 0.0961. The second kappa shape index (κ2) is 3.94.